The largest absolute Gasteiger partial charge is 0.394 e. The van der Waals surface area contributed by atoms with Gasteiger partial charge >= 0.3 is 0 Å². The Morgan fingerprint density at radius 3 is 2.52 bits per heavy atom. The van der Waals surface area contributed by atoms with Gasteiger partial charge < -0.3 is 15.7 Å². The molecule has 1 atom stereocenters. The van der Waals surface area contributed by atoms with Crippen LogP contribution in [0.25, 0.3) is 0 Å². The van der Waals surface area contributed by atoms with Gasteiger partial charge in [-0.2, -0.15) is 4.98 Å². The Morgan fingerprint density at radius 1 is 1.20 bits per heavy atom. The summed E-state index contributed by atoms with van der Waals surface area (Å²) in [5.74, 6) is 1.82. The third-order valence-electron chi connectivity index (χ3n) is 4.44. The minimum absolute atomic E-state index is 0.0347. The number of nitrogens with one attached hydrogen (secondary N) is 2. The van der Waals surface area contributed by atoms with Crippen molar-refractivity contribution in [3.63, 3.8) is 0 Å². The van der Waals surface area contributed by atoms with Crippen LogP contribution in [0.15, 0.2) is 30.3 Å². The van der Waals surface area contributed by atoms with Crippen molar-refractivity contribution in [2.45, 2.75) is 45.2 Å². The summed E-state index contributed by atoms with van der Waals surface area (Å²) in [5.41, 5.74) is 2.01. The average molecular weight is 344 g/mol. The van der Waals surface area contributed by atoms with Crippen molar-refractivity contribution < 1.29 is 9.50 Å². The molecule has 6 heteroatoms. The molecule has 5 nitrogen and oxygen atoms in total. The second-order valence-corrected chi connectivity index (χ2v) is 6.93. The van der Waals surface area contributed by atoms with Crippen LogP contribution < -0.4 is 10.6 Å². The van der Waals surface area contributed by atoms with E-state index in [2.05, 4.69) is 20.6 Å². The summed E-state index contributed by atoms with van der Waals surface area (Å²) in [6.07, 6.45) is 2.31. The lowest BCUT2D eigenvalue weighted by Gasteiger charge is -2.20. The van der Waals surface area contributed by atoms with Crippen LogP contribution in [-0.2, 0) is 6.54 Å². The zero-order valence-corrected chi connectivity index (χ0v) is 14.7. The number of nitrogens with zero attached hydrogens (tertiary/aromatic N) is 2. The van der Waals surface area contributed by atoms with Gasteiger partial charge in [-0.05, 0) is 36.5 Å². The van der Waals surface area contributed by atoms with E-state index in [4.69, 9.17) is 0 Å². The number of aliphatic hydroxyl groups is 1. The van der Waals surface area contributed by atoms with E-state index in [1.165, 1.54) is 12.1 Å². The van der Waals surface area contributed by atoms with E-state index in [0.29, 0.717) is 18.4 Å². The Kier molecular flexibility index (Phi) is 5.48. The lowest BCUT2D eigenvalue weighted by atomic mass is 10.1. The molecule has 0 aliphatic heterocycles. The highest BCUT2D eigenvalue weighted by Crippen LogP contribution is 2.40. The van der Waals surface area contributed by atoms with Crippen LogP contribution in [-0.4, -0.2) is 27.7 Å². The molecular weight excluding hydrogens is 319 g/mol. The quantitative estimate of drug-likeness (QED) is 0.683. The predicted molar refractivity (Wildman–Crippen MR) is 97.1 cm³/mol. The number of anilines is 2. The number of hydrogen-bond acceptors (Lipinski definition) is 5. The third kappa shape index (κ3) is 4.89. The molecule has 0 unspecified atom stereocenters. The molecule has 1 saturated carbocycles. The first-order valence-electron chi connectivity index (χ1n) is 8.80. The van der Waals surface area contributed by atoms with E-state index in [9.17, 15) is 9.50 Å². The number of aliphatic hydroxyl groups excluding tert-OH is 1. The molecule has 1 aromatic carbocycles. The second-order valence-electron chi connectivity index (χ2n) is 6.93. The maximum Gasteiger partial charge on any atom is 0.225 e. The lowest BCUT2D eigenvalue weighted by molar-refractivity contribution is 0.248. The van der Waals surface area contributed by atoms with Gasteiger partial charge in [0.2, 0.25) is 5.95 Å². The molecule has 3 rings (SSSR count). The van der Waals surface area contributed by atoms with Crippen LogP contribution in [0.4, 0.5) is 16.2 Å². The molecule has 134 valence electrons. The number of benzene rings is 1. The fourth-order valence-corrected chi connectivity index (χ4v) is 2.59. The summed E-state index contributed by atoms with van der Waals surface area (Å²) in [5, 5.41) is 16.1. The Hall–Kier alpha value is -2.21. The summed E-state index contributed by atoms with van der Waals surface area (Å²) in [6, 6.07) is 8.31. The summed E-state index contributed by atoms with van der Waals surface area (Å²) < 4.78 is 13.0. The summed E-state index contributed by atoms with van der Waals surface area (Å²) in [6.45, 7) is 4.69. The van der Waals surface area contributed by atoms with Crippen molar-refractivity contribution in [3.8, 4) is 0 Å². The number of hydrogen-bond donors (Lipinski definition) is 3. The van der Waals surface area contributed by atoms with Crippen molar-refractivity contribution in [2.75, 3.05) is 17.2 Å². The van der Waals surface area contributed by atoms with Crippen molar-refractivity contribution >= 4 is 11.8 Å². The highest BCUT2D eigenvalue weighted by Gasteiger charge is 2.26. The van der Waals surface area contributed by atoms with Crippen molar-refractivity contribution in [2.24, 2.45) is 5.92 Å². The van der Waals surface area contributed by atoms with Crippen LogP contribution in [0, 0.1) is 11.7 Å². The zero-order valence-electron chi connectivity index (χ0n) is 14.7. The topological polar surface area (TPSA) is 70.1 Å². The smallest absolute Gasteiger partial charge is 0.225 e. The van der Waals surface area contributed by atoms with E-state index in [1.807, 2.05) is 19.9 Å². The molecule has 1 aliphatic rings. The number of halogens is 1. The Bertz CT molecular complexity index is 701. The molecule has 0 saturated heterocycles. The van der Waals surface area contributed by atoms with Gasteiger partial charge in [-0.3, -0.25) is 0 Å². The van der Waals surface area contributed by atoms with Crippen LogP contribution in [0.1, 0.15) is 43.9 Å². The molecule has 25 heavy (non-hydrogen) atoms. The molecule has 0 bridgehead atoms. The first-order chi connectivity index (χ1) is 12.0. The Balaban J connectivity index is 1.74. The van der Waals surface area contributed by atoms with Crippen molar-refractivity contribution in [1.29, 1.82) is 0 Å². The molecule has 2 aromatic rings. The summed E-state index contributed by atoms with van der Waals surface area (Å²) >= 11 is 0. The van der Waals surface area contributed by atoms with Gasteiger partial charge in [-0.15, -0.1) is 0 Å². The molecule has 0 radical (unpaired) electrons. The molecule has 0 amide bonds. The highest BCUT2D eigenvalue weighted by atomic mass is 19.1. The van der Waals surface area contributed by atoms with E-state index >= 15 is 0 Å². The van der Waals surface area contributed by atoms with Gasteiger partial charge in [-0.25, -0.2) is 9.37 Å². The third-order valence-corrected chi connectivity index (χ3v) is 4.44. The lowest BCUT2D eigenvalue weighted by Crippen LogP contribution is -2.30. The minimum atomic E-state index is -0.239. The van der Waals surface area contributed by atoms with Gasteiger partial charge in [0.05, 0.1) is 18.3 Å². The molecule has 1 fully saturated rings. The summed E-state index contributed by atoms with van der Waals surface area (Å²) in [7, 11) is 0. The molecule has 1 aromatic heterocycles. The first kappa shape index (κ1) is 17.6. The van der Waals surface area contributed by atoms with Gasteiger partial charge in [0, 0.05) is 18.5 Å². The van der Waals surface area contributed by atoms with E-state index in [1.54, 1.807) is 12.1 Å². The van der Waals surface area contributed by atoms with Crippen LogP contribution >= 0.6 is 0 Å². The van der Waals surface area contributed by atoms with Gasteiger partial charge in [0.1, 0.15) is 11.6 Å². The Morgan fingerprint density at radius 2 is 1.92 bits per heavy atom. The minimum Gasteiger partial charge on any atom is -0.394 e. The molecular formula is C19H25FN4O. The maximum absolute atomic E-state index is 13.0. The van der Waals surface area contributed by atoms with E-state index < -0.39 is 0 Å². The molecule has 1 heterocycles. The maximum atomic E-state index is 13.0. The van der Waals surface area contributed by atoms with Gasteiger partial charge in [0.15, 0.2) is 0 Å². The standard InChI is InChI=1S/C19H25FN4O/c1-12(2)17(11-25)23-19-22-16(14-5-6-14)9-18(24-19)21-10-13-3-7-15(20)8-4-13/h3-4,7-9,12,14,17,25H,5-6,10-11H2,1-2H3,(H2,21,22,23,24)/t17-/m0/s1. The van der Waals surface area contributed by atoms with Crippen LogP contribution in [0.3, 0.4) is 0 Å². The van der Waals surface area contributed by atoms with E-state index in [-0.39, 0.29) is 24.4 Å². The van der Waals surface area contributed by atoms with Gasteiger partial charge in [-0.1, -0.05) is 26.0 Å². The highest BCUT2D eigenvalue weighted by molar-refractivity contribution is 5.45. The number of rotatable bonds is 8. The fraction of sp³-hybridized carbons (Fsp3) is 0.474. The van der Waals surface area contributed by atoms with Crippen molar-refractivity contribution in [3.05, 3.63) is 47.4 Å². The number of aromatic nitrogens is 2. The summed E-state index contributed by atoms with van der Waals surface area (Å²) in [4.78, 5) is 9.14. The monoisotopic (exact) mass is 344 g/mol. The SMILES string of the molecule is CC(C)[C@H](CO)Nc1nc(NCc2ccc(F)cc2)cc(C2CC2)n1. The molecule has 3 N–H and O–H groups in total. The normalized spacial score (nSPS) is 15.2. The first-order valence-corrected chi connectivity index (χ1v) is 8.80. The fourth-order valence-electron chi connectivity index (χ4n) is 2.59. The van der Waals surface area contributed by atoms with Crippen molar-refractivity contribution in [1.82, 2.24) is 9.97 Å². The Labute approximate surface area is 147 Å². The molecule has 0 spiro atoms. The zero-order chi connectivity index (χ0) is 17.8. The van der Waals surface area contributed by atoms with Crippen LogP contribution in [0.2, 0.25) is 0 Å². The van der Waals surface area contributed by atoms with E-state index in [0.717, 1.165) is 29.9 Å². The second kappa shape index (κ2) is 7.78. The average Bonchev–Trinajstić information content (AvgIpc) is 3.44. The predicted octanol–water partition coefficient (Wildman–Crippen LogP) is 3.53. The van der Waals surface area contributed by atoms with Gasteiger partial charge in [0.25, 0.3) is 0 Å². The molecule has 1 aliphatic carbocycles. The van der Waals surface area contributed by atoms with Crippen LogP contribution in [0.5, 0.6) is 0 Å².